The summed E-state index contributed by atoms with van der Waals surface area (Å²) < 4.78 is 4.03. The molecular weight excluding hydrogens is 240 g/mol. The van der Waals surface area contributed by atoms with Gasteiger partial charge < -0.3 is 15.6 Å². The van der Waals surface area contributed by atoms with E-state index in [2.05, 4.69) is 26.9 Å². The number of hydrogen-bond donors (Lipinski definition) is 2. The van der Waals surface area contributed by atoms with Gasteiger partial charge in [0.05, 0.1) is 17.7 Å². The van der Waals surface area contributed by atoms with Gasteiger partial charge >= 0.3 is 0 Å². The molecule has 3 N–H and O–H groups in total. The molecule has 0 aromatic carbocycles. The molecule has 0 amide bonds. The number of hydrogen-bond acceptors (Lipinski definition) is 4. The third-order valence-electron chi connectivity index (χ3n) is 3.05. The van der Waals surface area contributed by atoms with E-state index in [1.807, 2.05) is 24.1 Å². The van der Waals surface area contributed by atoms with Crippen LogP contribution in [0.5, 0.6) is 0 Å². The largest absolute Gasteiger partial charge is 0.394 e. The second kappa shape index (κ2) is 6.26. The van der Waals surface area contributed by atoms with Crippen molar-refractivity contribution in [1.82, 2.24) is 19.3 Å². The number of nitrogens with zero attached hydrogens (tertiary/aromatic N) is 4. The lowest BCUT2D eigenvalue weighted by molar-refractivity contribution is 0.598. The molecule has 0 spiro atoms. The standard InChI is InChI=1S/C13H22N6/c1-3-7-19-13(12(14)11(2)17-19)16-5-4-8-18-9-6-15-10-18/h6,9-10,16H,3-5,7-8,14H2,1-2H3. The Labute approximate surface area is 113 Å². The van der Waals surface area contributed by atoms with Gasteiger partial charge in [0.2, 0.25) is 0 Å². The smallest absolute Gasteiger partial charge is 0.148 e. The van der Waals surface area contributed by atoms with Crippen molar-refractivity contribution in [3.8, 4) is 0 Å². The Kier molecular flexibility index (Phi) is 4.43. The van der Waals surface area contributed by atoms with Crippen molar-refractivity contribution < 1.29 is 0 Å². The monoisotopic (exact) mass is 262 g/mol. The summed E-state index contributed by atoms with van der Waals surface area (Å²) in [4.78, 5) is 4.02. The molecule has 6 heteroatoms. The molecule has 2 aromatic heterocycles. The van der Waals surface area contributed by atoms with Gasteiger partial charge in [0.1, 0.15) is 5.82 Å². The topological polar surface area (TPSA) is 73.7 Å². The molecular formula is C13H22N6. The van der Waals surface area contributed by atoms with Crippen LogP contribution >= 0.6 is 0 Å². The first-order valence-corrected chi connectivity index (χ1v) is 6.75. The Morgan fingerprint density at radius 2 is 2.21 bits per heavy atom. The minimum atomic E-state index is 0.760. The van der Waals surface area contributed by atoms with Crippen LogP contribution in [0.2, 0.25) is 0 Å². The van der Waals surface area contributed by atoms with Crippen molar-refractivity contribution in [1.29, 1.82) is 0 Å². The summed E-state index contributed by atoms with van der Waals surface area (Å²) in [5.74, 6) is 0.949. The number of imidazole rings is 1. The molecule has 0 aliphatic rings. The van der Waals surface area contributed by atoms with Gasteiger partial charge in [-0.05, 0) is 19.8 Å². The van der Waals surface area contributed by atoms with Crippen molar-refractivity contribution in [2.45, 2.75) is 39.8 Å². The van der Waals surface area contributed by atoms with Gasteiger partial charge in [0.25, 0.3) is 0 Å². The first-order valence-electron chi connectivity index (χ1n) is 6.75. The number of aromatic nitrogens is 4. The van der Waals surface area contributed by atoms with Gasteiger partial charge in [-0.3, -0.25) is 0 Å². The lowest BCUT2D eigenvalue weighted by Crippen LogP contribution is -2.12. The third kappa shape index (κ3) is 3.27. The lowest BCUT2D eigenvalue weighted by atomic mass is 10.3. The van der Waals surface area contributed by atoms with Gasteiger partial charge in [0.15, 0.2) is 0 Å². The van der Waals surface area contributed by atoms with Crippen LogP contribution in [-0.4, -0.2) is 25.9 Å². The normalized spacial score (nSPS) is 10.8. The molecule has 0 radical (unpaired) electrons. The lowest BCUT2D eigenvalue weighted by Gasteiger charge is -2.10. The van der Waals surface area contributed by atoms with Crippen molar-refractivity contribution in [3.05, 3.63) is 24.4 Å². The number of rotatable bonds is 7. The van der Waals surface area contributed by atoms with Gasteiger partial charge in [-0.1, -0.05) is 6.92 Å². The maximum Gasteiger partial charge on any atom is 0.148 e. The summed E-state index contributed by atoms with van der Waals surface area (Å²) >= 11 is 0. The number of anilines is 2. The van der Waals surface area contributed by atoms with Crippen molar-refractivity contribution in [2.75, 3.05) is 17.6 Å². The van der Waals surface area contributed by atoms with E-state index in [4.69, 9.17) is 5.73 Å². The minimum Gasteiger partial charge on any atom is -0.394 e. The molecule has 0 aliphatic carbocycles. The van der Waals surface area contributed by atoms with E-state index in [1.54, 1.807) is 6.20 Å². The summed E-state index contributed by atoms with van der Waals surface area (Å²) in [7, 11) is 0. The van der Waals surface area contributed by atoms with E-state index in [9.17, 15) is 0 Å². The first kappa shape index (κ1) is 13.5. The molecule has 104 valence electrons. The average Bonchev–Trinajstić information content (AvgIpc) is 2.98. The second-order valence-electron chi connectivity index (χ2n) is 4.65. The minimum absolute atomic E-state index is 0.760. The van der Waals surface area contributed by atoms with E-state index in [-0.39, 0.29) is 0 Å². The summed E-state index contributed by atoms with van der Waals surface area (Å²) in [5.41, 5.74) is 7.70. The molecule has 0 unspecified atom stereocenters. The summed E-state index contributed by atoms with van der Waals surface area (Å²) in [6.45, 7) is 6.79. The number of nitrogens with two attached hydrogens (primary N) is 1. The van der Waals surface area contributed by atoms with E-state index >= 15 is 0 Å². The van der Waals surface area contributed by atoms with Crippen molar-refractivity contribution >= 4 is 11.5 Å². The fourth-order valence-electron chi connectivity index (χ4n) is 2.04. The molecule has 0 atom stereocenters. The Bertz CT molecular complexity index is 499. The maximum atomic E-state index is 6.05. The van der Waals surface area contributed by atoms with Gasteiger partial charge in [-0.2, -0.15) is 5.10 Å². The molecule has 0 saturated heterocycles. The average molecular weight is 262 g/mol. The highest BCUT2D eigenvalue weighted by Crippen LogP contribution is 2.22. The van der Waals surface area contributed by atoms with Crippen LogP contribution in [0.1, 0.15) is 25.5 Å². The number of aryl methyl sites for hydroxylation is 3. The molecule has 0 saturated carbocycles. The summed E-state index contributed by atoms with van der Waals surface area (Å²) in [5, 5.41) is 7.83. The zero-order valence-corrected chi connectivity index (χ0v) is 11.6. The van der Waals surface area contributed by atoms with Gasteiger partial charge in [0, 0.05) is 32.0 Å². The number of nitrogens with one attached hydrogen (secondary N) is 1. The summed E-state index contributed by atoms with van der Waals surface area (Å²) in [6.07, 6.45) is 7.67. The van der Waals surface area contributed by atoms with Crippen LogP contribution in [-0.2, 0) is 13.1 Å². The van der Waals surface area contributed by atoms with E-state index in [1.165, 1.54) is 0 Å². The molecule has 0 aliphatic heterocycles. The number of nitrogen functional groups attached to an aromatic ring is 1. The van der Waals surface area contributed by atoms with Crippen LogP contribution in [0, 0.1) is 6.92 Å². The Balaban J connectivity index is 1.88. The fourth-order valence-corrected chi connectivity index (χ4v) is 2.04. The molecule has 0 fully saturated rings. The van der Waals surface area contributed by atoms with E-state index in [0.29, 0.717) is 0 Å². The maximum absolute atomic E-state index is 6.05. The summed E-state index contributed by atoms with van der Waals surface area (Å²) in [6, 6.07) is 0. The predicted octanol–water partition coefficient (Wildman–Crippen LogP) is 1.88. The highest BCUT2D eigenvalue weighted by Gasteiger charge is 2.10. The Morgan fingerprint density at radius 1 is 1.37 bits per heavy atom. The van der Waals surface area contributed by atoms with Crippen molar-refractivity contribution in [2.24, 2.45) is 0 Å². The molecule has 2 aromatic rings. The van der Waals surface area contributed by atoms with Crippen LogP contribution in [0.15, 0.2) is 18.7 Å². The first-order chi connectivity index (χ1) is 9.22. The molecule has 2 heterocycles. The SMILES string of the molecule is CCCn1nc(C)c(N)c1NCCCn1ccnc1. The predicted molar refractivity (Wildman–Crippen MR) is 77.0 cm³/mol. The van der Waals surface area contributed by atoms with Gasteiger partial charge in [-0.15, -0.1) is 0 Å². The highest BCUT2D eigenvalue weighted by molar-refractivity contribution is 5.64. The quantitative estimate of drug-likeness (QED) is 0.747. The van der Waals surface area contributed by atoms with Crippen LogP contribution < -0.4 is 11.1 Å². The van der Waals surface area contributed by atoms with Gasteiger partial charge in [-0.25, -0.2) is 9.67 Å². The molecule has 2 rings (SSSR count). The highest BCUT2D eigenvalue weighted by atomic mass is 15.3. The van der Waals surface area contributed by atoms with Crippen LogP contribution in [0.3, 0.4) is 0 Å². The second-order valence-corrected chi connectivity index (χ2v) is 4.65. The third-order valence-corrected chi connectivity index (χ3v) is 3.05. The Morgan fingerprint density at radius 3 is 2.89 bits per heavy atom. The van der Waals surface area contributed by atoms with E-state index < -0.39 is 0 Å². The van der Waals surface area contributed by atoms with Crippen LogP contribution in [0.25, 0.3) is 0 Å². The van der Waals surface area contributed by atoms with Crippen molar-refractivity contribution in [3.63, 3.8) is 0 Å². The van der Waals surface area contributed by atoms with E-state index in [0.717, 1.165) is 49.7 Å². The Hall–Kier alpha value is -1.98. The fraction of sp³-hybridized carbons (Fsp3) is 0.538. The molecule has 0 bridgehead atoms. The van der Waals surface area contributed by atoms with Crippen LogP contribution in [0.4, 0.5) is 11.5 Å². The molecule has 6 nitrogen and oxygen atoms in total. The zero-order chi connectivity index (χ0) is 13.7. The zero-order valence-electron chi connectivity index (χ0n) is 11.6. The molecule has 19 heavy (non-hydrogen) atoms.